The molecule has 5 nitrogen and oxygen atoms in total. The molecule has 218 valence electrons. The van der Waals surface area contributed by atoms with Gasteiger partial charge in [0.25, 0.3) is 0 Å². The molecule has 0 spiro atoms. The van der Waals surface area contributed by atoms with Gasteiger partial charge in [-0.25, -0.2) is 4.79 Å². The molecule has 1 aliphatic heterocycles. The van der Waals surface area contributed by atoms with Gasteiger partial charge in [0, 0.05) is 39.5 Å². The highest BCUT2D eigenvalue weighted by Crippen LogP contribution is 2.43. The maximum atomic E-state index is 11.4. The summed E-state index contributed by atoms with van der Waals surface area (Å²) in [7, 11) is 0. The van der Waals surface area contributed by atoms with Gasteiger partial charge in [0.2, 0.25) is 0 Å². The second-order valence-corrected chi connectivity index (χ2v) is 12.8. The van der Waals surface area contributed by atoms with Crippen LogP contribution in [0.3, 0.4) is 0 Å². The maximum absolute atomic E-state index is 11.4. The molecule has 1 saturated heterocycles. The first-order valence-corrected chi connectivity index (χ1v) is 15.8. The van der Waals surface area contributed by atoms with Crippen LogP contribution >= 0.6 is 23.2 Å². The number of carbonyl (C=O) groups is 1. The van der Waals surface area contributed by atoms with Gasteiger partial charge in [-0.2, -0.15) is 5.10 Å². The van der Waals surface area contributed by atoms with E-state index in [0.29, 0.717) is 17.5 Å². The summed E-state index contributed by atoms with van der Waals surface area (Å²) in [5, 5.41) is 17.2. The van der Waals surface area contributed by atoms with Crippen LogP contribution in [0.4, 0.5) is 0 Å². The number of aromatic nitrogens is 2. The van der Waals surface area contributed by atoms with E-state index in [0.717, 1.165) is 53.6 Å². The Hall–Kier alpha value is -3.64. The number of aromatic carboxylic acids is 1. The maximum Gasteiger partial charge on any atom is 0.335 e. The third-order valence-electron chi connectivity index (χ3n) is 8.95. The van der Waals surface area contributed by atoms with Crippen LogP contribution in [0, 0.1) is 0 Å². The first-order chi connectivity index (χ1) is 20.9. The standard InChI is InChI=1S/C36H33Cl2N3O2/c37-29-9-4-24(5-10-29)34(25-6-11-30(38)12-7-25)27-8-15-33-32(21-27)35(41(39-33)31-13-14-31)26-16-18-40(19-17-26)22-23-2-1-3-28(20-23)36(42)43/h1-12,15,20-21,26,31,34H,13-14,16-19,22H2,(H,42,43). The lowest BCUT2D eigenvalue weighted by atomic mass is 9.84. The van der Waals surface area contributed by atoms with Crippen LogP contribution in [0.25, 0.3) is 10.9 Å². The third-order valence-corrected chi connectivity index (χ3v) is 9.45. The van der Waals surface area contributed by atoms with Crippen molar-refractivity contribution in [1.29, 1.82) is 0 Å². The number of hydrogen-bond acceptors (Lipinski definition) is 3. The van der Waals surface area contributed by atoms with Gasteiger partial charge in [0.15, 0.2) is 0 Å². The molecule has 1 saturated carbocycles. The number of hydrogen-bond donors (Lipinski definition) is 1. The van der Waals surface area contributed by atoms with Gasteiger partial charge in [-0.05, 0) is 110 Å². The van der Waals surface area contributed by atoms with Crippen molar-refractivity contribution in [3.63, 3.8) is 0 Å². The lowest BCUT2D eigenvalue weighted by Crippen LogP contribution is -2.33. The minimum absolute atomic E-state index is 0.0412. The molecule has 5 aromatic rings. The molecule has 1 N–H and O–H groups in total. The second-order valence-electron chi connectivity index (χ2n) is 11.9. The van der Waals surface area contributed by atoms with E-state index in [2.05, 4.69) is 52.0 Å². The average Bonchev–Trinajstić information content (AvgIpc) is 3.80. The van der Waals surface area contributed by atoms with Gasteiger partial charge < -0.3 is 5.11 Å². The summed E-state index contributed by atoms with van der Waals surface area (Å²) in [4.78, 5) is 13.9. The van der Waals surface area contributed by atoms with Gasteiger partial charge in [-0.3, -0.25) is 9.58 Å². The van der Waals surface area contributed by atoms with E-state index < -0.39 is 5.97 Å². The fourth-order valence-electron chi connectivity index (χ4n) is 6.64. The van der Waals surface area contributed by atoms with Crippen molar-refractivity contribution in [2.24, 2.45) is 0 Å². The number of carboxylic acid groups (broad SMARTS) is 1. The molecule has 7 heteroatoms. The lowest BCUT2D eigenvalue weighted by molar-refractivity contribution is 0.0696. The Bertz CT molecular complexity index is 1720. The normalized spacial score (nSPS) is 16.3. The first kappa shape index (κ1) is 28.1. The zero-order valence-electron chi connectivity index (χ0n) is 23.8. The van der Waals surface area contributed by atoms with Crippen LogP contribution in [-0.4, -0.2) is 38.8 Å². The average molecular weight is 611 g/mol. The predicted octanol–water partition coefficient (Wildman–Crippen LogP) is 8.94. The zero-order valence-corrected chi connectivity index (χ0v) is 25.3. The van der Waals surface area contributed by atoms with Gasteiger partial charge in [0.1, 0.15) is 0 Å². The quantitative estimate of drug-likeness (QED) is 0.178. The third kappa shape index (κ3) is 5.95. The Morgan fingerprint density at radius 1 is 0.814 bits per heavy atom. The van der Waals surface area contributed by atoms with E-state index in [1.165, 1.54) is 40.6 Å². The van der Waals surface area contributed by atoms with Crippen molar-refractivity contribution in [1.82, 2.24) is 14.7 Å². The fourth-order valence-corrected chi connectivity index (χ4v) is 6.89. The number of halogens is 2. The Morgan fingerprint density at radius 2 is 1.44 bits per heavy atom. The number of benzene rings is 4. The van der Waals surface area contributed by atoms with E-state index in [-0.39, 0.29) is 5.92 Å². The monoisotopic (exact) mass is 609 g/mol. The van der Waals surface area contributed by atoms with Gasteiger partial charge in [0.05, 0.1) is 17.1 Å². The molecule has 43 heavy (non-hydrogen) atoms. The molecule has 7 rings (SSSR count). The Labute approximate surface area is 261 Å². The van der Waals surface area contributed by atoms with Crippen molar-refractivity contribution in [3.05, 3.63) is 135 Å². The second kappa shape index (κ2) is 11.8. The molecule has 2 fully saturated rings. The summed E-state index contributed by atoms with van der Waals surface area (Å²) in [5.41, 5.74) is 7.42. The van der Waals surface area contributed by atoms with Crippen LogP contribution < -0.4 is 0 Å². The van der Waals surface area contributed by atoms with E-state index in [4.69, 9.17) is 28.3 Å². The topological polar surface area (TPSA) is 58.4 Å². The van der Waals surface area contributed by atoms with Gasteiger partial charge in [-0.1, -0.05) is 65.7 Å². The fraction of sp³-hybridized carbons (Fsp3) is 0.278. The molecule has 0 radical (unpaired) electrons. The lowest BCUT2D eigenvalue weighted by Gasteiger charge is -2.32. The molecule has 1 aliphatic carbocycles. The molecule has 2 aliphatic rings. The predicted molar refractivity (Wildman–Crippen MR) is 173 cm³/mol. The zero-order chi connectivity index (χ0) is 29.5. The SMILES string of the molecule is O=C(O)c1cccc(CN2CCC(c3c4cc(C(c5ccc(Cl)cc5)c5ccc(Cl)cc5)ccc4nn3C3CC3)CC2)c1. The van der Waals surface area contributed by atoms with Crippen LogP contribution in [0.5, 0.6) is 0 Å². The highest BCUT2D eigenvalue weighted by Gasteiger charge is 2.33. The molecule has 2 heterocycles. The smallest absolute Gasteiger partial charge is 0.335 e. The van der Waals surface area contributed by atoms with E-state index in [1.807, 2.05) is 36.4 Å². The van der Waals surface area contributed by atoms with E-state index in [1.54, 1.807) is 12.1 Å². The highest BCUT2D eigenvalue weighted by molar-refractivity contribution is 6.30. The molecule has 4 aromatic carbocycles. The number of rotatable bonds is 8. The molecule has 1 aromatic heterocycles. The van der Waals surface area contributed by atoms with Crippen molar-refractivity contribution in [2.75, 3.05) is 13.1 Å². The van der Waals surface area contributed by atoms with E-state index in [9.17, 15) is 9.90 Å². The summed E-state index contributed by atoms with van der Waals surface area (Å²) in [6.45, 7) is 2.71. The Morgan fingerprint density at radius 3 is 2.05 bits per heavy atom. The number of fused-ring (bicyclic) bond motifs is 1. The summed E-state index contributed by atoms with van der Waals surface area (Å²) in [6.07, 6.45) is 4.47. The highest BCUT2D eigenvalue weighted by atomic mass is 35.5. The minimum Gasteiger partial charge on any atom is -0.478 e. The van der Waals surface area contributed by atoms with Crippen LogP contribution in [0.2, 0.25) is 10.0 Å². The summed E-state index contributed by atoms with van der Waals surface area (Å²) in [5.74, 6) is -0.416. The number of nitrogens with zero attached hydrogens (tertiary/aromatic N) is 3. The summed E-state index contributed by atoms with van der Waals surface area (Å²) >= 11 is 12.5. The number of carboxylic acids is 1. The Kier molecular flexibility index (Phi) is 7.72. The van der Waals surface area contributed by atoms with Gasteiger partial charge >= 0.3 is 5.97 Å². The van der Waals surface area contributed by atoms with Crippen molar-refractivity contribution >= 4 is 40.1 Å². The molecule has 0 unspecified atom stereocenters. The van der Waals surface area contributed by atoms with Gasteiger partial charge in [-0.15, -0.1) is 0 Å². The van der Waals surface area contributed by atoms with Crippen LogP contribution in [0.15, 0.2) is 91.0 Å². The summed E-state index contributed by atoms with van der Waals surface area (Å²) in [6, 6.07) is 30.9. The number of likely N-dealkylation sites (tertiary alicyclic amines) is 1. The summed E-state index contributed by atoms with van der Waals surface area (Å²) < 4.78 is 2.34. The molecule has 0 atom stereocenters. The van der Waals surface area contributed by atoms with E-state index >= 15 is 0 Å². The first-order valence-electron chi connectivity index (χ1n) is 15.0. The van der Waals surface area contributed by atoms with Crippen LogP contribution in [-0.2, 0) is 6.54 Å². The molecule has 0 bridgehead atoms. The van der Waals surface area contributed by atoms with Crippen molar-refractivity contribution in [2.45, 2.75) is 50.1 Å². The van der Waals surface area contributed by atoms with Crippen LogP contribution in [0.1, 0.15) is 81.9 Å². The minimum atomic E-state index is -0.880. The largest absolute Gasteiger partial charge is 0.478 e. The van der Waals surface area contributed by atoms with Crippen molar-refractivity contribution in [3.8, 4) is 0 Å². The number of piperidine rings is 1. The van der Waals surface area contributed by atoms with Crippen molar-refractivity contribution < 1.29 is 9.90 Å². The molecular weight excluding hydrogens is 577 g/mol. The molecule has 0 amide bonds. The molecular formula is C36H33Cl2N3O2. The Balaban J connectivity index is 1.21.